The van der Waals surface area contributed by atoms with E-state index in [4.69, 9.17) is 16.3 Å². The van der Waals surface area contributed by atoms with Crippen LogP contribution in [0.5, 0.6) is 5.75 Å². The lowest BCUT2D eigenvalue weighted by Gasteiger charge is -2.10. The first-order valence-electron chi connectivity index (χ1n) is 8.07. The third kappa shape index (κ3) is 5.54. The van der Waals surface area contributed by atoms with Gasteiger partial charge in [0.1, 0.15) is 17.4 Å². The largest absolute Gasteiger partial charge is 0.495 e. The number of carbonyl (C=O) groups is 1. The number of nitrogens with one attached hydrogen (secondary N) is 2. The number of aryl methyl sites for hydroxylation is 1. The molecule has 2 aromatic carbocycles. The van der Waals surface area contributed by atoms with Gasteiger partial charge in [-0.25, -0.2) is 0 Å². The molecule has 2 aromatic rings. The number of rotatable bonds is 7. The van der Waals surface area contributed by atoms with Crippen LogP contribution in [0.2, 0.25) is 5.02 Å². The molecule has 0 fully saturated rings. The Morgan fingerprint density at radius 2 is 2.12 bits per heavy atom. The molecular weight excluding hydrogens is 350 g/mol. The van der Waals surface area contributed by atoms with E-state index in [9.17, 15) is 10.1 Å². The Balaban J connectivity index is 1.97. The van der Waals surface area contributed by atoms with Crippen LogP contribution in [-0.4, -0.2) is 19.6 Å². The minimum Gasteiger partial charge on any atom is -0.495 e. The van der Waals surface area contributed by atoms with Crippen molar-refractivity contribution < 1.29 is 9.53 Å². The van der Waals surface area contributed by atoms with Crippen molar-refractivity contribution in [3.63, 3.8) is 0 Å². The molecule has 0 aromatic heterocycles. The number of anilines is 1. The number of halogens is 1. The van der Waals surface area contributed by atoms with E-state index in [-0.39, 0.29) is 5.57 Å². The number of nitrogens with zero attached hydrogens (tertiary/aromatic N) is 1. The third-order valence-corrected chi connectivity index (χ3v) is 3.90. The fourth-order valence-electron chi connectivity index (χ4n) is 2.37. The smallest absolute Gasteiger partial charge is 0.267 e. The minimum atomic E-state index is -0.531. The van der Waals surface area contributed by atoms with Gasteiger partial charge in [-0.3, -0.25) is 4.79 Å². The second kappa shape index (κ2) is 9.50. The maximum atomic E-state index is 12.3. The molecule has 0 atom stereocenters. The molecule has 6 heteroatoms. The summed E-state index contributed by atoms with van der Waals surface area (Å²) in [5.74, 6) is -0.0661. The molecule has 0 spiro atoms. The van der Waals surface area contributed by atoms with Gasteiger partial charge in [0.25, 0.3) is 5.91 Å². The molecule has 0 saturated carbocycles. The van der Waals surface area contributed by atoms with E-state index < -0.39 is 5.91 Å². The van der Waals surface area contributed by atoms with Crippen molar-refractivity contribution in [1.29, 1.82) is 5.26 Å². The first kappa shape index (κ1) is 19.4. The Bertz CT molecular complexity index is 856. The van der Waals surface area contributed by atoms with E-state index in [1.807, 2.05) is 31.2 Å². The molecule has 0 radical (unpaired) electrons. The Kier molecular flexibility index (Phi) is 7.07. The summed E-state index contributed by atoms with van der Waals surface area (Å²) in [7, 11) is 1.49. The normalized spacial score (nSPS) is 10.8. The number of carbonyl (C=O) groups excluding carboxylic acids is 1. The second-order valence-corrected chi connectivity index (χ2v) is 6.10. The molecule has 1 amide bonds. The van der Waals surface area contributed by atoms with Crippen molar-refractivity contribution in [2.75, 3.05) is 19.0 Å². The molecule has 2 rings (SSSR count). The van der Waals surface area contributed by atoms with Crippen LogP contribution in [0, 0.1) is 18.3 Å². The van der Waals surface area contributed by atoms with Gasteiger partial charge in [-0.15, -0.1) is 0 Å². The van der Waals surface area contributed by atoms with Gasteiger partial charge in [0.2, 0.25) is 0 Å². The fourth-order valence-corrected chi connectivity index (χ4v) is 2.55. The molecule has 26 heavy (non-hydrogen) atoms. The van der Waals surface area contributed by atoms with Gasteiger partial charge < -0.3 is 15.4 Å². The molecule has 0 unspecified atom stereocenters. The molecule has 0 saturated heterocycles. The van der Waals surface area contributed by atoms with E-state index >= 15 is 0 Å². The van der Waals surface area contributed by atoms with Crippen molar-refractivity contribution in [2.45, 2.75) is 13.3 Å². The Morgan fingerprint density at radius 3 is 2.81 bits per heavy atom. The van der Waals surface area contributed by atoms with Crippen LogP contribution in [0.1, 0.15) is 11.1 Å². The molecular formula is C20H20ClN3O2. The van der Waals surface area contributed by atoms with Crippen LogP contribution >= 0.6 is 11.6 Å². The monoisotopic (exact) mass is 369 g/mol. The summed E-state index contributed by atoms with van der Waals surface area (Å²) in [5.41, 5.74) is 2.77. The summed E-state index contributed by atoms with van der Waals surface area (Å²) in [4.78, 5) is 12.3. The van der Waals surface area contributed by atoms with Gasteiger partial charge in [0, 0.05) is 17.8 Å². The topological polar surface area (TPSA) is 74.1 Å². The zero-order valence-corrected chi connectivity index (χ0v) is 15.4. The summed E-state index contributed by atoms with van der Waals surface area (Å²) in [6, 6.07) is 15.0. The predicted molar refractivity (Wildman–Crippen MR) is 103 cm³/mol. The molecule has 134 valence electrons. The summed E-state index contributed by atoms with van der Waals surface area (Å²) in [5, 5.41) is 15.3. The van der Waals surface area contributed by atoms with Gasteiger partial charge in [-0.1, -0.05) is 41.4 Å². The van der Waals surface area contributed by atoms with Crippen molar-refractivity contribution >= 4 is 23.2 Å². The molecule has 0 aliphatic heterocycles. The third-order valence-electron chi connectivity index (χ3n) is 3.66. The van der Waals surface area contributed by atoms with Crippen LogP contribution in [0.25, 0.3) is 0 Å². The average Bonchev–Trinajstić information content (AvgIpc) is 2.62. The maximum absolute atomic E-state index is 12.3. The fraction of sp³-hybridized carbons (Fsp3) is 0.200. The summed E-state index contributed by atoms with van der Waals surface area (Å²) in [6.07, 6.45) is 2.21. The van der Waals surface area contributed by atoms with Crippen LogP contribution in [0.15, 0.2) is 54.2 Å². The number of amides is 1. The summed E-state index contributed by atoms with van der Waals surface area (Å²) < 4.78 is 5.18. The van der Waals surface area contributed by atoms with E-state index in [0.717, 1.165) is 6.42 Å². The quantitative estimate of drug-likeness (QED) is 0.442. The highest BCUT2D eigenvalue weighted by atomic mass is 35.5. The lowest BCUT2D eigenvalue weighted by Crippen LogP contribution is -2.18. The molecule has 0 aliphatic carbocycles. The maximum Gasteiger partial charge on any atom is 0.267 e. The van der Waals surface area contributed by atoms with Gasteiger partial charge in [-0.05, 0) is 37.1 Å². The number of nitriles is 1. The molecule has 5 nitrogen and oxygen atoms in total. The molecule has 2 N–H and O–H groups in total. The molecule has 0 bridgehead atoms. The second-order valence-electron chi connectivity index (χ2n) is 5.66. The highest BCUT2D eigenvalue weighted by molar-refractivity contribution is 6.31. The zero-order chi connectivity index (χ0) is 18.9. The van der Waals surface area contributed by atoms with Gasteiger partial charge in [0.05, 0.1) is 12.8 Å². The minimum absolute atomic E-state index is 0.0312. The van der Waals surface area contributed by atoms with Crippen molar-refractivity contribution in [3.05, 3.63) is 70.4 Å². The highest BCUT2D eigenvalue weighted by Crippen LogP contribution is 2.27. The zero-order valence-electron chi connectivity index (χ0n) is 14.7. The number of methoxy groups -OCH3 is 1. The van der Waals surface area contributed by atoms with Gasteiger partial charge in [-0.2, -0.15) is 5.26 Å². The van der Waals surface area contributed by atoms with E-state index in [1.165, 1.54) is 24.4 Å². The summed E-state index contributed by atoms with van der Waals surface area (Å²) >= 11 is 5.94. The first-order chi connectivity index (χ1) is 12.5. The Morgan fingerprint density at radius 1 is 1.31 bits per heavy atom. The predicted octanol–water partition coefficient (Wildman–Crippen LogP) is 3.84. The number of hydrogen-bond acceptors (Lipinski definition) is 4. The summed E-state index contributed by atoms with van der Waals surface area (Å²) in [6.45, 7) is 2.65. The van der Waals surface area contributed by atoms with Crippen LogP contribution in [-0.2, 0) is 11.2 Å². The SMILES string of the molecule is COc1ccc(Cl)cc1NC(=O)/C(C#N)=C\NCCc1cccc(C)c1. The highest BCUT2D eigenvalue weighted by Gasteiger charge is 2.12. The van der Waals surface area contributed by atoms with Gasteiger partial charge in [0.15, 0.2) is 0 Å². The van der Waals surface area contributed by atoms with Crippen LogP contribution < -0.4 is 15.4 Å². The number of hydrogen-bond donors (Lipinski definition) is 2. The van der Waals surface area contributed by atoms with E-state index in [1.54, 1.807) is 18.2 Å². The van der Waals surface area contributed by atoms with Gasteiger partial charge >= 0.3 is 0 Å². The first-order valence-corrected chi connectivity index (χ1v) is 8.45. The lowest BCUT2D eigenvalue weighted by atomic mass is 10.1. The number of ether oxygens (including phenoxy) is 1. The standard InChI is InChI=1S/C20H20ClN3O2/c1-14-4-3-5-15(10-14)8-9-23-13-16(12-22)20(25)24-18-11-17(21)6-7-19(18)26-2/h3-7,10-11,13,23H,8-9H2,1-2H3,(H,24,25)/b16-13-. The average molecular weight is 370 g/mol. The Hall–Kier alpha value is -2.97. The molecule has 0 aliphatic rings. The lowest BCUT2D eigenvalue weighted by molar-refractivity contribution is -0.112. The van der Waals surface area contributed by atoms with E-state index in [2.05, 4.69) is 16.7 Å². The molecule has 0 heterocycles. The van der Waals surface area contributed by atoms with Crippen molar-refractivity contribution in [3.8, 4) is 11.8 Å². The van der Waals surface area contributed by atoms with Crippen LogP contribution in [0.3, 0.4) is 0 Å². The van der Waals surface area contributed by atoms with E-state index in [0.29, 0.717) is 23.0 Å². The van der Waals surface area contributed by atoms with Crippen LogP contribution in [0.4, 0.5) is 5.69 Å². The Labute approximate surface area is 158 Å². The number of benzene rings is 2. The van der Waals surface area contributed by atoms with Crippen molar-refractivity contribution in [1.82, 2.24) is 5.32 Å². The van der Waals surface area contributed by atoms with Crippen molar-refractivity contribution in [2.24, 2.45) is 0 Å².